The largest absolute Gasteiger partial charge is 0.334 e. The Morgan fingerprint density at radius 3 is 2.36 bits per heavy atom. The van der Waals surface area contributed by atoms with Crippen LogP contribution < -0.4 is 15.4 Å². The number of hydrogen-bond donors (Lipinski definition) is 3. The zero-order valence-corrected chi connectivity index (χ0v) is 18.3. The van der Waals surface area contributed by atoms with Gasteiger partial charge in [0.15, 0.2) is 0 Å². The third-order valence-corrected chi connectivity index (χ3v) is 6.11. The standard InChI is InChI=1S/C24H21N5O3S/c30-24(27-16-18-7-6-14-25-15-18)28-20-12-13-23(26-17-20)29-33(31,32)22-11-5-4-10-21(22)19-8-2-1-3-9-19/h1-15,17H,16H2,(H,26,29)(H2,27,28,30). The molecule has 0 spiro atoms. The van der Waals surface area contributed by atoms with Crippen LogP contribution in [0, 0.1) is 0 Å². The summed E-state index contributed by atoms with van der Waals surface area (Å²) in [5, 5.41) is 5.37. The van der Waals surface area contributed by atoms with Crippen molar-refractivity contribution in [2.24, 2.45) is 0 Å². The van der Waals surface area contributed by atoms with Gasteiger partial charge in [-0.1, -0.05) is 54.6 Å². The van der Waals surface area contributed by atoms with Crippen LogP contribution in [0.3, 0.4) is 0 Å². The van der Waals surface area contributed by atoms with Crippen LogP contribution in [0.15, 0.2) is 102 Å². The van der Waals surface area contributed by atoms with Crippen LogP contribution in [0.25, 0.3) is 11.1 Å². The maximum atomic E-state index is 13.0. The fourth-order valence-corrected chi connectivity index (χ4v) is 4.38. The molecule has 2 aromatic carbocycles. The van der Waals surface area contributed by atoms with Crippen molar-refractivity contribution in [2.75, 3.05) is 10.0 Å². The molecule has 0 aliphatic rings. The van der Waals surface area contributed by atoms with Crippen LogP contribution in [0.4, 0.5) is 16.3 Å². The van der Waals surface area contributed by atoms with Crippen molar-refractivity contribution in [1.29, 1.82) is 0 Å². The molecule has 0 saturated carbocycles. The Balaban J connectivity index is 1.42. The quantitative estimate of drug-likeness (QED) is 0.382. The first-order chi connectivity index (χ1) is 16.0. The van der Waals surface area contributed by atoms with E-state index >= 15 is 0 Å². The third-order valence-electron chi connectivity index (χ3n) is 4.70. The zero-order chi connectivity index (χ0) is 23.1. The van der Waals surface area contributed by atoms with Gasteiger partial charge < -0.3 is 10.6 Å². The summed E-state index contributed by atoms with van der Waals surface area (Å²) >= 11 is 0. The lowest BCUT2D eigenvalue weighted by atomic mass is 10.1. The molecule has 33 heavy (non-hydrogen) atoms. The molecule has 0 aliphatic heterocycles. The minimum atomic E-state index is -3.89. The summed E-state index contributed by atoms with van der Waals surface area (Å²) in [6.45, 7) is 0.325. The molecule has 0 bridgehead atoms. The molecule has 8 nitrogen and oxygen atoms in total. The van der Waals surface area contributed by atoms with Crippen LogP contribution in [-0.4, -0.2) is 24.4 Å². The highest BCUT2D eigenvalue weighted by atomic mass is 32.2. The van der Waals surface area contributed by atoms with Crippen LogP contribution >= 0.6 is 0 Å². The SMILES string of the molecule is O=C(NCc1cccnc1)Nc1ccc(NS(=O)(=O)c2ccccc2-c2ccccc2)nc1. The molecule has 2 amide bonds. The molecular formula is C24H21N5O3S. The van der Waals surface area contributed by atoms with Gasteiger partial charge in [0.05, 0.1) is 16.8 Å². The Kier molecular flexibility index (Phi) is 6.61. The monoisotopic (exact) mass is 459 g/mol. The van der Waals surface area contributed by atoms with Gasteiger partial charge in [-0.15, -0.1) is 0 Å². The van der Waals surface area contributed by atoms with Crippen molar-refractivity contribution in [2.45, 2.75) is 11.4 Å². The van der Waals surface area contributed by atoms with Crippen molar-refractivity contribution >= 4 is 27.6 Å². The third kappa shape index (κ3) is 5.72. The van der Waals surface area contributed by atoms with E-state index in [-0.39, 0.29) is 10.7 Å². The number of aromatic nitrogens is 2. The van der Waals surface area contributed by atoms with Crippen molar-refractivity contribution in [3.8, 4) is 11.1 Å². The number of carbonyl (C=O) groups is 1. The Hall–Kier alpha value is -4.24. The predicted octanol–water partition coefficient (Wildman–Crippen LogP) is 4.27. The summed E-state index contributed by atoms with van der Waals surface area (Å²) in [6.07, 6.45) is 4.70. The summed E-state index contributed by atoms with van der Waals surface area (Å²) < 4.78 is 28.6. The normalized spacial score (nSPS) is 10.9. The summed E-state index contributed by atoms with van der Waals surface area (Å²) in [5.41, 5.74) is 2.68. The molecule has 3 N–H and O–H groups in total. The molecule has 0 aliphatic carbocycles. The van der Waals surface area contributed by atoms with E-state index < -0.39 is 16.1 Å². The van der Waals surface area contributed by atoms with E-state index in [0.717, 1.165) is 11.1 Å². The van der Waals surface area contributed by atoms with Crippen molar-refractivity contribution in [1.82, 2.24) is 15.3 Å². The fourth-order valence-electron chi connectivity index (χ4n) is 3.14. The Morgan fingerprint density at radius 2 is 1.64 bits per heavy atom. The number of hydrogen-bond acceptors (Lipinski definition) is 5. The number of benzene rings is 2. The molecule has 9 heteroatoms. The number of nitrogens with one attached hydrogen (secondary N) is 3. The number of nitrogens with zero attached hydrogens (tertiary/aromatic N) is 2. The summed E-state index contributed by atoms with van der Waals surface area (Å²) in [4.78, 5) is 20.3. The van der Waals surface area contributed by atoms with E-state index in [0.29, 0.717) is 17.8 Å². The van der Waals surface area contributed by atoms with Crippen molar-refractivity contribution < 1.29 is 13.2 Å². The molecule has 4 rings (SSSR count). The fraction of sp³-hybridized carbons (Fsp3) is 0.0417. The number of amides is 2. The van der Waals surface area contributed by atoms with Gasteiger partial charge in [-0.25, -0.2) is 18.2 Å². The lowest BCUT2D eigenvalue weighted by Gasteiger charge is -2.12. The molecule has 0 unspecified atom stereocenters. The van der Waals surface area contributed by atoms with Crippen LogP contribution in [0.5, 0.6) is 0 Å². The second kappa shape index (κ2) is 9.92. The Labute approximate surface area is 191 Å². The van der Waals surface area contributed by atoms with E-state index in [4.69, 9.17) is 0 Å². The summed E-state index contributed by atoms with van der Waals surface area (Å²) in [7, 11) is -3.89. The first-order valence-electron chi connectivity index (χ1n) is 10.1. The number of carbonyl (C=O) groups excluding carboxylic acids is 1. The number of urea groups is 1. The number of anilines is 2. The van der Waals surface area contributed by atoms with E-state index in [1.807, 2.05) is 36.4 Å². The smallest absolute Gasteiger partial charge is 0.319 e. The minimum absolute atomic E-state index is 0.138. The van der Waals surface area contributed by atoms with Gasteiger partial charge in [-0.05, 0) is 35.4 Å². The Bertz CT molecular complexity index is 1330. The molecule has 2 aromatic heterocycles. The number of sulfonamides is 1. The highest BCUT2D eigenvalue weighted by molar-refractivity contribution is 7.92. The van der Waals surface area contributed by atoms with Crippen LogP contribution in [0.2, 0.25) is 0 Å². The minimum Gasteiger partial charge on any atom is -0.334 e. The average molecular weight is 460 g/mol. The molecule has 0 saturated heterocycles. The van der Waals surface area contributed by atoms with Crippen molar-refractivity contribution in [3.05, 3.63) is 103 Å². The van der Waals surface area contributed by atoms with Crippen LogP contribution in [-0.2, 0) is 16.6 Å². The van der Waals surface area contributed by atoms with Gasteiger partial charge >= 0.3 is 6.03 Å². The first-order valence-corrected chi connectivity index (χ1v) is 11.6. The lowest BCUT2D eigenvalue weighted by Crippen LogP contribution is -2.28. The second-order valence-electron chi connectivity index (χ2n) is 7.07. The molecule has 2 heterocycles. The van der Waals surface area contributed by atoms with Gasteiger partial charge in [0.1, 0.15) is 5.82 Å². The zero-order valence-electron chi connectivity index (χ0n) is 17.5. The lowest BCUT2D eigenvalue weighted by molar-refractivity contribution is 0.251. The maximum Gasteiger partial charge on any atom is 0.319 e. The average Bonchev–Trinajstić information content (AvgIpc) is 2.85. The van der Waals surface area contributed by atoms with E-state index in [1.54, 1.807) is 48.8 Å². The topological polar surface area (TPSA) is 113 Å². The first kappa shape index (κ1) is 22.0. The Morgan fingerprint density at radius 1 is 0.848 bits per heavy atom. The summed E-state index contributed by atoms with van der Waals surface area (Å²) in [6, 6.07) is 22.3. The van der Waals surface area contributed by atoms with Gasteiger partial charge in [0, 0.05) is 24.5 Å². The van der Waals surface area contributed by atoms with Crippen LogP contribution in [0.1, 0.15) is 5.56 Å². The van der Waals surface area contributed by atoms with Gasteiger partial charge in [-0.3, -0.25) is 9.71 Å². The van der Waals surface area contributed by atoms with Crippen molar-refractivity contribution in [3.63, 3.8) is 0 Å². The predicted molar refractivity (Wildman–Crippen MR) is 127 cm³/mol. The number of pyridine rings is 2. The number of rotatable bonds is 7. The highest BCUT2D eigenvalue weighted by Crippen LogP contribution is 2.28. The molecule has 0 fully saturated rings. The molecule has 0 radical (unpaired) electrons. The maximum absolute atomic E-state index is 13.0. The molecule has 0 atom stereocenters. The van der Waals surface area contributed by atoms with E-state index in [9.17, 15) is 13.2 Å². The van der Waals surface area contributed by atoms with Gasteiger partial charge in [-0.2, -0.15) is 0 Å². The molecular weight excluding hydrogens is 438 g/mol. The summed E-state index contributed by atoms with van der Waals surface area (Å²) in [5.74, 6) is 0.138. The molecule has 4 aromatic rings. The molecule has 166 valence electrons. The van der Waals surface area contributed by atoms with Gasteiger partial charge in [0.25, 0.3) is 10.0 Å². The van der Waals surface area contributed by atoms with E-state index in [2.05, 4.69) is 25.3 Å². The second-order valence-corrected chi connectivity index (χ2v) is 8.72. The van der Waals surface area contributed by atoms with E-state index in [1.165, 1.54) is 12.3 Å². The van der Waals surface area contributed by atoms with Gasteiger partial charge in [0.2, 0.25) is 0 Å². The highest BCUT2D eigenvalue weighted by Gasteiger charge is 2.19.